The number of hydrogen-bond acceptors (Lipinski definition) is 2. The number of hydrogen-bond donors (Lipinski definition) is 2. The number of rotatable bonds is 2. The Morgan fingerprint density at radius 1 is 1.50 bits per heavy atom. The van der Waals surface area contributed by atoms with E-state index in [1.165, 1.54) is 0 Å². The molecule has 3 aliphatic carbocycles. The average Bonchev–Trinajstić information content (AvgIpc) is 2.53. The van der Waals surface area contributed by atoms with E-state index in [-0.39, 0.29) is 22.3 Å². The van der Waals surface area contributed by atoms with Crippen LogP contribution in [-0.2, 0) is 4.79 Å². The summed E-state index contributed by atoms with van der Waals surface area (Å²) < 4.78 is 0. The molecular weight excluding hydrogens is 248 g/mol. The van der Waals surface area contributed by atoms with Crippen molar-refractivity contribution in [2.45, 2.75) is 31.5 Å². The Hall–Kier alpha value is -0.0900. The Kier molecular flexibility index (Phi) is 1.88. The van der Waals surface area contributed by atoms with E-state index >= 15 is 0 Å². The largest absolute Gasteiger partial charge is 0.481 e. The van der Waals surface area contributed by atoms with Crippen LogP contribution in [0.15, 0.2) is 0 Å². The third-order valence-electron chi connectivity index (χ3n) is 4.91. The first-order chi connectivity index (χ1) is 6.37. The molecule has 0 aromatic carbocycles. The molecule has 14 heavy (non-hydrogen) atoms. The minimum absolute atomic E-state index is 0.0744. The maximum Gasteiger partial charge on any atom is 0.311 e. The van der Waals surface area contributed by atoms with Crippen LogP contribution in [0.1, 0.15) is 26.7 Å². The molecule has 3 fully saturated rings. The monoisotopic (exact) mass is 262 g/mol. The average molecular weight is 263 g/mol. The van der Waals surface area contributed by atoms with Crippen LogP contribution in [-0.4, -0.2) is 27.6 Å². The molecule has 4 heteroatoms. The molecule has 2 N–H and O–H groups in total. The topological polar surface area (TPSA) is 57.5 Å². The van der Waals surface area contributed by atoms with Gasteiger partial charge in [-0.05, 0) is 18.3 Å². The highest BCUT2D eigenvalue weighted by molar-refractivity contribution is 9.09. The van der Waals surface area contributed by atoms with Gasteiger partial charge in [0, 0.05) is 10.2 Å². The lowest BCUT2D eigenvalue weighted by atomic mass is 9.43. The van der Waals surface area contributed by atoms with E-state index in [1.54, 1.807) is 0 Å². The summed E-state index contributed by atoms with van der Waals surface area (Å²) in [6.07, 6.45) is 1.48. The summed E-state index contributed by atoms with van der Waals surface area (Å²) in [5.41, 5.74) is -1.21. The van der Waals surface area contributed by atoms with Crippen LogP contribution in [0.4, 0.5) is 0 Å². The molecule has 0 aromatic heterocycles. The first-order valence-electron chi connectivity index (χ1n) is 4.85. The van der Waals surface area contributed by atoms with Gasteiger partial charge in [-0.3, -0.25) is 4.79 Å². The molecule has 3 rings (SSSR count). The normalized spacial score (nSPS) is 48.7. The number of alkyl halides is 1. The maximum atomic E-state index is 11.3. The fraction of sp³-hybridized carbons (Fsp3) is 0.900. The smallest absolute Gasteiger partial charge is 0.311 e. The molecule has 0 radical (unpaired) electrons. The lowest BCUT2D eigenvalue weighted by Gasteiger charge is -2.63. The number of aliphatic carboxylic acids is 1. The number of carboxylic acids is 1. The number of carbonyl (C=O) groups is 1. The highest BCUT2D eigenvalue weighted by Crippen LogP contribution is 2.79. The van der Waals surface area contributed by atoms with Crippen molar-refractivity contribution in [3.63, 3.8) is 0 Å². The van der Waals surface area contributed by atoms with Crippen molar-refractivity contribution in [3.05, 3.63) is 0 Å². The van der Waals surface area contributed by atoms with Gasteiger partial charge in [0.15, 0.2) is 0 Å². The fourth-order valence-corrected chi connectivity index (χ4v) is 5.55. The number of aliphatic hydroxyl groups excluding tert-OH is 1. The highest BCUT2D eigenvalue weighted by atomic mass is 79.9. The van der Waals surface area contributed by atoms with Gasteiger partial charge in [0.25, 0.3) is 0 Å². The van der Waals surface area contributed by atoms with Crippen LogP contribution >= 0.6 is 15.9 Å². The quantitative estimate of drug-likeness (QED) is 0.744. The summed E-state index contributed by atoms with van der Waals surface area (Å²) in [7, 11) is 0. The van der Waals surface area contributed by atoms with Crippen LogP contribution in [0.25, 0.3) is 0 Å². The number of carboxylic acid groups (broad SMARTS) is 1. The van der Waals surface area contributed by atoms with Crippen molar-refractivity contribution in [2.75, 3.05) is 6.61 Å². The van der Waals surface area contributed by atoms with Crippen molar-refractivity contribution in [1.29, 1.82) is 0 Å². The maximum absolute atomic E-state index is 11.3. The first kappa shape index (κ1) is 10.4. The molecule has 0 spiro atoms. The van der Waals surface area contributed by atoms with Gasteiger partial charge in [-0.1, -0.05) is 29.8 Å². The van der Waals surface area contributed by atoms with Gasteiger partial charge in [-0.25, -0.2) is 0 Å². The van der Waals surface area contributed by atoms with E-state index in [9.17, 15) is 15.0 Å². The second-order valence-corrected chi connectivity index (χ2v) is 5.99. The molecule has 0 unspecified atom stereocenters. The molecule has 0 amide bonds. The van der Waals surface area contributed by atoms with E-state index in [4.69, 9.17) is 0 Å². The first-order valence-corrected chi connectivity index (χ1v) is 5.77. The third-order valence-corrected chi connectivity index (χ3v) is 6.57. The Morgan fingerprint density at radius 2 is 2.07 bits per heavy atom. The second kappa shape index (κ2) is 2.53. The van der Waals surface area contributed by atoms with Crippen LogP contribution in [0.3, 0.4) is 0 Å². The second-order valence-electron chi connectivity index (χ2n) is 5.08. The molecule has 3 aliphatic rings. The lowest BCUT2D eigenvalue weighted by molar-refractivity contribution is -0.188. The Bertz CT molecular complexity index is 302. The van der Waals surface area contributed by atoms with Crippen molar-refractivity contribution in [2.24, 2.45) is 16.2 Å². The summed E-state index contributed by atoms with van der Waals surface area (Å²) in [6, 6.07) is 0. The van der Waals surface area contributed by atoms with Crippen LogP contribution in [0, 0.1) is 16.2 Å². The summed E-state index contributed by atoms with van der Waals surface area (Å²) in [6.45, 7) is 4.00. The zero-order valence-corrected chi connectivity index (χ0v) is 9.97. The molecule has 3 saturated carbocycles. The minimum Gasteiger partial charge on any atom is -0.481 e. The van der Waals surface area contributed by atoms with Gasteiger partial charge in [0.1, 0.15) is 0 Å². The van der Waals surface area contributed by atoms with Gasteiger partial charge in [-0.2, -0.15) is 0 Å². The summed E-state index contributed by atoms with van der Waals surface area (Å²) >= 11 is 3.46. The van der Waals surface area contributed by atoms with Crippen molar-refractivity contribution in [1.82, 2.24) is 0 Å². The zero-order chi connectivity index (χ0) is 10.8. The molecule has 3 atom stereocenters. The van der Waals surface area contributed by atoms with Gasteiger partial charge >= 0.3 is 5.97 Å². The van der Waals surface area contributed by atoms with E-state index in [2.05, 4.69) is 15.9 Å². The Morgan fingerprint density at radius 3 is 2.29 bits per heavy atom. The molecule has 0 aliphatic heterocycles. The Balaban J connectivity index is 2.48. The van der Waals surface area contributed by atoms with Gasteiger partial charge in [-0.15, -0.1) is 0 Å². The van der Waals surface area contributed by atoms with Crippen LogP contribution in [0.5, 0.6) is 0 Å². The molecule has 80 valence electrons. The van der Waals surface area contributed by atoms with Gasteiger partial charge < -0.3 is 10.2 Å². The molecule has 0 heterocycles. The van der Waals surface area contributed by atoms with Crippen molar-refractivity contribution >= 4 is 21.9 Å². The van der Waals surface area contributed by atoms with Gasteiger partial charge in [0.2, 0.25) is 0 Å². The predicted molar refractivity (Wildman–Crippen MR) is 55.3 cm³/mol. The van der Waals surface area contributed by atoms with Gasteiger partial charge in [0.05, 0.1) is 12.0 Å². The summed E-state index contributed by atoms with van der Waals surface area (Å²) in [5.74, 6) is -0.731. The number of halogens is 1. The van der Waals surface area contributed by atoms with Crippen LogP contribution < -0.4 is 0 Å². The number of aliphatic hydroxyl groups is 1. The predicted octanol–water partition coefficient (Wildman–Crippen LogP) is 1.63. The Labute approximate surface area is 91.6 Å². The fourth-order valence-electron chi connectivity index (χ4n) is 3.61. The molecular formula is C10H15BrO3. The molecule has 0 aromatic rings. The molecule has 0 saturated heterocycles. The zero-order valence-electron chi connectivity index (χ0n) is 8.38. The van der Waals surface area contributed by atoms with E-state index < -0.39 is 11.4 Å². The summed E-state index contributed by atoms with van der Waals surface area (Å²) in [4.78, 5) is 11.3. The minimum atomic E-state index is -0.731. The van der Waals surface area contributed by atoms with Crippen molar-refractivity contribution < 1.29 is 15.0 Å². The van der Waals surface area contributed by atoms with Crippen LogP contribution in [0.2, 0.25) is 0 Å². The van der Waals surface area contributed by atoms with E-state index in [1.807, 2.05) is 13.8 Å². The number of fused-ring (bicyclic) bond motifs is 1. The SMILES string of the molecule is CC1(C)[C@]2(CO)CC[C@@]1(C(=O)O)[C@@H]2Br. The third kappa shape index (κ3) is 0.673. The summed E-state index contributed by atoms with van der Waals surface area (Å²) in [5, 5.41) is 18.8. The van der Waals surface area contributed by atoms with E-state index in [0.717, 1.165) is 6.42 Å². The lowest BCUT2D eigenvalue weighted by Crippen LogP contribution is -2.69. The molecule has 2 bridgehead atoms. The molecule has 3 nitrogen and oxygen atoms in total. The highest BCUT2D eigenvalue weighted by Gasteiger charge is 2.82. The standard InChI is InChI=1S/C10H15BrO3/c1-8(2)9(5-12)3-4-10(8,6(9)11)7(13)14/h6,12H,3-5H2,1-2H3,(H,13,14)/t6-,9+,10+/m1/s1. The van der Waals surface area contributed by atoms with Crippen molar-refractivity contribution in [3.8, 4) is 0 Å². The van der Waals surface area contributed by atoms with E-state index in [0.29, 0.717) is 6.42 Å².